The molecule has 0 saturated carbocycles. The van der Waals surface area contributed by atoms with Crippen LogP contribution in [-0.4, -0.2) is 44.0 Å². The Bertz CT molecular complexity index is 1280. The van der Waals surface area contributed by atoms with Gasteiger partial charge >= 0.3 is 0 Å². The van der Waals surface area contributed by atoms with E-state index in [-0.39, 0.29) is 16.8 Å². The van der Waals surface area contributed by atoms with Gasteiger partial charge in [-0.15, -0.1) is 0 Å². The van der Waals surface area contributed by atoms with Crippen LogP contribution in [0.3, 0.4) is 0 Å². The van der Waals surface area contributed by atoms with E-state index >= 15 is 0 Å². The van der Waals surface area contributed by atoms with Crippen molar-refractivity contribution in [1.82, 2.24) is 9.88 Å². The molecule has 34 heavy (non-hydrogen) atoms. The zero-order valence-corrected chi connectivity index (χ0v) is 19.3. The van der Waals surface area contributed by atoms with E-state index in [0.717, 1.165) is 24.8 Å². The lowest BCUT2D eigenvalue weighted by Gasteiger charge is -2.25. The number of benzene rings is 2. The second-order valence-electron chi connectivity index (χ2n) is 8.28. The summed E-state index contributed by atoms with van der Waals surface area (Å²) in [5.41, 5.74) is 1.95. The van der Waals surface area contributed by atoms with E-state index in [9.17, 15) is 13.2 Å². The summed E-state index contributed by atoms with van der Waals surface area (Å²) in [5.74, 6) is 0.874. The summed E-state index contributed by atoms with van der Waals surface area (Å²) in [6.07, 6.45) is 6.05. The summed E-state index contributed by atoms with van der Waals surface area (Å²) in [4.78, 5) is 19.2. The van der Waals surface area contributed by atoms with Crippen LogP contribution in [0.4, 0.5) is 5.69 Å². The highest BCUT2D eigenvalue weighted by Gasteiger charge is 2.30. The molecule has 1 aromatic heterocycles. The molecule has 176 valence electrons. The zero-order valence-electron chi connectivity index (χ0n) is 18.5. The second-order valence-corrected chi connectivity index (χ2v) is 9.96. The van der Waals surface area contributed by atoms with Crippen molar-refractivity contribution in [2.45, 2.75) is 30.2 Å². The predicted octanol–water partition coefficient (Wildman–Crippen LogP) is 4.02. The number of hydrogen-bond donors (Lipinski definition) is 1. The van der Waals surface area contributed by atoms with Gasteiger partial charge in [-0.05, 0) is 66.9 Å². The fourth-order valence-corrected chi connectivity index (χ4v) is 5.39. The van der Waals surface area contributed by atoms with Crippen LogP contribution in [0.5, 0.6) is 11.5 Å². The minimum atomic E-state index is -3.84. The van der Waals surface area contributed by atoms with Crippen LogP contribution in [0, 0.1) is 0 Å². The van der Waals surface area contributed by atoms with E-state index in [1.165, 1.54) is 12.1 Å². The average molecular weight is 480 g/mol. The fraction of sp³-hybridized carbons (Fsp3) is 0.280. The molecule has 2 aromatic carbocycles. The average Bonchev–Trinajstić information content (AvgIpc) is 3.23. The van der Waals surface area contributed by atoms with Gasteiger partial charge in [-0.3, -0.25) is 14.5 Å². The number of carbonyl (C=O) groups is 1. The molecule has 0 radical (unpaired) electrons. The lowest BCUT2D eigenvalue weighted by Crippen LogP contribution is -2.30. The van der Waals surface area contributed by atoms with Gasteiger partial charge in [0.05, 0.1) is 24.2 Å². The summed E-state index contributed by atoms with van der Waals surface area (Å²) < 4.78 is 39.6. The number of fused-ring (bicyclic) bond motifs is 1. The van der Waals surface area contributed by atoms with Gasteiger partial charge < -0.3 is 14.4 Å². The number of amides is 1. The van der Waals surface area contributed by atoms with Gasteiger partial charge in [0, 0.05) is 42.7 Å². The van der Waals surface area contributed by atoms with Gasteiger partial charge in [0.25, 0.3) is 15.9 Å². The Kier molecular flexibility index (Phi) is 6.10. The van der Waals surface area contributed by atoms with E-state index < -0.39 is 10.0 Å². The molecular weight excluding hydrogens is 454 g/mol. The Hall–Kier alpha value is -3.59. The Morgan fingerprint density at radius 3 is 2.44 bits per heavy atom. The van der Waals surface area contributed by atoms with Crippen LogP contribution < -0.4 is 14.2 Å². The lowest BCUT2D eigenvalue weighted by atomic mass is 10.1. The Labute approximate surface area is 198 Å². The van der Waals surface area contributed by atoms with Crippen molar-refractivity contribution in [3.63, 3.8) is 0 Å². The molecule has 1 amide bonds. The Balaban J connectivity index is 1.30. The largest absolute Gasteiger partial charge is 0.490 e. The summed E-state index contributed by atoms with van der Waals surface area (Å²) in [5, 5.41) is 0. The van der Waals surface area contributed by atoms with E-state index in [2.05, 4.69) is 9.71 Å². The minimum Gasteiger partial charge on any atom is -0.490 e. The molecule has 1 atom stereocenters. The molecule has 1 fully saturated rings. The smallest absolute Gasteiger partial charge is 0.262 e. The van der Waals surface area contributed by atoms with E-state index in [4.69, 9.17) is 9.47 Å². The zero-order chi connectivity index (χ0) is 23.5. The van der Waals surface area contributed by atoms with Crippen molar-refractivity contribution in [2.75, 3.05) is 24.5 Å². The number of nitrogens with one attached hydrogen (secondary N) is 1. The molecule has 1 N–H and O–H groups in total. The van der Waals surface area contributed by atoms with Gasteiger partial charge in [0.15, 0.2) is 11.5 Å². The highest BCUT2D eigenvalue weighted by molar-refractivity contribution is 7.92. The van der Waals surface area contributed by atoms with Crippen molar-refractivity contribution >= 4 is 21.6 Å². The van der Waals surface area contributed by atoms with E-state index in [1.54, 1.807) is 42.7 Å². The molecule has 1 unspecified atom stereocenters. The van der Waals surface area contributed by atoms with E-state index in [1.807, 2.05) is 17.0 Å². The molecule has 2 aliphatic heterocycles. The molecule has 2 aliphatic rings. The highest BCUT2D eigenvalue weighted by atomic mass is 32.2. The highest BCUT2D eigenvalue weighted by Crippen LogP contribution is 2.34. The number of anilines is 1. The fourth-order valence-electron chi connectivity index (χ4n) is 4.31. The molecule has 8 nitrogen and oxygen atoms in total. The molecule has 1 saturated heterocycles. The monoisotopic (exact) mass is 479 g/mol. The third kappa shape index (κ3) is 4.56. The molecular formula is C25H25N3O5S. The first-order valence-corrected chi connectivity index (χ1v) is 12.7. The Morgan fingerprint density at radius 2 is 1.68 bits per heavy atom. The van der Waals surface area contributed by atoms with Crippen LogP contribution >= 0.6 is 0 Å². The number of likely N-dealkylation sites (tertiary alicyclic amines) is 1. The molecule has 0 spiro atoms. The standard InChI is InChI=1S/C25H25N3O5S/c29-25(28-14-1-3-22(28)18-10-12-26-13-11-18)19-4-6-20(7-5-19)27-34(30,31)21-8-9-23-24(17-21)33-16-2-15-32-23/h4-13,17,22,27H,1-3,14-16H2. The van der Waals surface area contributed by atoms with Gasteiger partial charge in [-0.1, -0.05) is 0 Å². The van der Waals surface area contributed by atoms with Crippen LogP contribution in [0.1, 0.15) is 41.2 Å². The number of pyridine rings is 1. The van der Waals surface area contributed by atoms with Crippen molar-refractivity contribution in [1.29, 1.82) is 0 Å². The molecule has 0 aliphatic carbocycles. The number of hydrogen-bond acceptors (Lipinski definition) is 6. The number of carbonyl (C=O) groups excluding carboxylic acids is 1. The topological polar surface area (TPSA) is 97.8 Å². The first kappa shape index (κ1) is 22.2. The second kappa shape index (κ2) is 9.34. The number of aromatic nitrogens is 1. The number of sulfonamides is 1. The number of nitrogens with zero attached hydrogens (tertiary/aromatic N) is 2. The van der Waals surface area contributed by atoms with Gasteiger partial charge in [-0.2, -0.15) is 0 Å². The predicted molar refractivity (Wildman–Crippen MR) is 127 cm³/mol. The van der Waals surface area contributed by atoms with E-state index in [0.29, 0.717) is 42.5 Å². The number of ether oxygens (including phenoxy) is 2. The molecule has 0 bridgehead atoms. The maximum absolute atomic E-state index is 13.2. The normalized spacial score (nSPS) is 17.8. The van der Waals surface area contributed by atoms with Gasteiger partial charge in [0.2, 0.25) is 0 Å². The van der Waals surface area contributed by atoms with Gasteiger partial charge in [-0.25, -0.2) is 8.42 Å². The van der Waals surface area contributed by atoms with Crippen molar-refractivity contribution < 1.29 is 22.7 Å². The summed E-state index contributed by atoms with van der Waals surface area (Å²) in [6, 6.07) is 15.0. The van der Waals surface area contributed by atoms with Crippen LogP contribution in [-0.2, 0) is 10.0 Å². The molecule has 3 heterocycles. The SMILES string of the molecule is O=C(c1ccc(NS(=O)(=O)c2ccc3c(c2)OCCCO3)cc1)N1CCCC1c1ccncc1. The maximum atomic E-state index is 13.2. The molecule has 5 rings (SSSR count). The van der Waals surface area contributed by atoms with Crippen LogP contribution in [0.15, 0.2) is 71.9 Å². The van der Waals surface area contributed by atoms with Crippen molar-refractivity contribution in [2.24, 2.45) is 0 Å². The quantitative estimate of drug-likeness (QED) is 0.594. The molecule has 3 aromatic rings. The van der Waals surface area contributed by atoms with Crippen molar-refractivity contribution in [3.8, 4) is 11.5 Å². The maximum Gasteiger partial charge on any atom is 0.262 e. The van der Waals surface area contributed by atoms with Crippen molar-refractivity contribution in [3.05, 3.63) is 78.1 Å². The minimum absolute atomic E-state index is 0.0214. The Morgan fingerprint density at radius 1 is 0.941 bits per heavy atom. The third-order valence-electron chi connectivity index (χ3n) is 6.02. The molecule has 9 heteroatoms. The summed E-state index contributed by atoms with van der Waals surface area (Å²) >= 11 is 0. The number of rotatable bonds is 5. The van der Waals surface area contributed by atoms with Gasteiger partial charge in [0.1, 0.15) is 0 Å². The summed E-state index contributed by atoms with van der Waals surface area (Å²) in [7, 11) is -3.84. The first-order chi connectivity index (χ1) is 16.5. The lowest BCUT2D eigenvalue weighted by molar-refractivity contribution is 0.0735. The van der Waals surface area contributed by atoms with Crippen LogP contribution in [0.25, 0.3) is 0 Å². The third-order valence-corrected chi connectivity index (χ3v) is 7.40. The first-order valence-electron chi connectivity index (χ1n) is 11.2. The summed E-state index contributed by atoms with van der Waals surface area (Å²) in [6.45, 7) is 1.69. The van der Waals surface area contributed by atoms with Crippen LogP contribution in [0.2, 0.25) is 0 Å².